The predicted octanol–water partition coefficient (Wildman–Crippen LogP) is 2.78. The number of carboxylic acid groups (broad SMARTS) is 1. The summed E-state index contributed by atoms with van der Waals surface area (Å²) in [4.78, 5) is 26.9. The van der Waals surface area contributed by atoms with Crippen molar-refractivity contribution < 1.29 is 9.90 Å². The van der Waals surface area contributed by atoms with Crippen LogP contribution in [-0.4, -0.2) is 20.6 Å². The first-order valence-corrected chi connectivity index (χ1v) is 8.03. The van der Waals surface area contributed by atoms with Gasteiger partial charge >= 0.3 is 5.97 Å². The number of rotatable bonds is 6. The molecule has 0 radical (unpaired) electrons. The number of aromatic nitrogens is 2. The van der Waals surface area contributed by atoms with Crippen molar-refractivity contribution >= 4 is 5.97 Å². The third-order valence-corrected chi connectivity index (χ3v) is 4.01. The third kappa shape index (κ3) is 4.41. The Kier molecular flexibility index (Phi) is 5.04. The van der Waals surface area contributed by atoms with Gasteiger partial charge in [-0.1, -0.05) is 30.3 Å². The molecule has 2 aromatic heterocycles. The lowest BCUT2D eigenvalue weighted by Gasteiger charge is -2.07. The lowest BCUT2D eigenvalue weighted by molar-refractivity contribution is 0.0696. The van der Waals surface area contributed by atoms with Crippen molar-refractivity contribution in [3.8, 4) is 0 Å². The molecule has 3 rings (SSSR count). The van der Waals surface area contributed by atoms with Crippen LogP contribution in [0.3, 0.4) is 0 Å². The van der Waals surface area contributed by atoms with Gasteiger partial charge in [-0.25, -0.2) is 4.79 Å². The van der Waals surface area contributed by atoms with Crippen molar-refractivity contribution in [1.29, 1.82) is 0 Å². The van der Waals surface area contributed by atoms with Crippen LogP contribution in [-0.2, 0) is 19.4 Å². The molecule has 3 aromatic rings. The molecule has 2 heterocycles. The molecule has 1 N–H and O–H groups in total. The summed E-state index contributed by atoms with van der Waals surface area (Å²) in [6.45, 7) is 0.544. The Morgan fingerprint density at radius 2 is 1.76 bits per heavy atom. The summed E-state index contributed by atoms with van der Waals surface area (Å²) in [7, 11) is 0. The summed E-state index contributed by atoms with van der Waals surface area (Å²) in [6.07, 6.45) is 4.76. The van der Waals surface area contributed by atoms with Crippen molar-refractivity contribution in [2.75, 3.05) is 0 Å². The van der Waals surface area contributed by atoms with Crippen molar-refractivity contribution in [2.24, 2.45) is 0 Å². The minimum absolute atomic E-state index is 0.0176. The van der Waals surface area contributed by atoms with E-state index >= 15 is 0 Å². The second-order valence-corrected chi connectivity index (χ2v) is 5.82. The second-order valence-electron chi connectivity index (χ2n) is 5.82. The van der Waals surface area contributed by atoms with Gasteiger partial charge in [0.2, 0.25) is 0 Å². The number of aryl methyl sites for hydroxylation is 2. The van der Waals surface area contributed by atoms with Crippen molar-refractivity contribution in [3.63, 3.8) is 0 Å². The molecule has 0 aliphatic carbocycles. The normalized spacial score (nSPS) is 10.6. The van der Waals surface area contributed by atoms with E-state index in [0.717, 1.165) is 23.2 Å². The quantitative estimate of drug-likeness (QED) is 0.752. The highest BCUT2D eigenvalue weighted by molar-refractivity contribution is 5.87. The van der Waals surface area contributed by atoms with Crippen LogP contribution in [0, 0.1) is 0 Å². The lowest BCUT2D eigenvalue weighted by Crippen LogP contribution is -2.18. The molecule has 0 atom stereocenters. The van der Waals surface area contributed by atoms with Gasteiger partial charge in [0.1, 0.15) is 0 Å². The summed E-state index contributed by atoms with van der Waals surface area (Å²) < 4.78 is 1.66. The van der Waals surface area contributed by atoms with Crippen molar-refractivity contribution in [3.05, 3.63) is 99.7 Å². The van der Waals surface area contributed by atoms with E-state index in [1.807, 2.05) is 30.3 Å². The van der Waals surface area contributed by atoms with E-state index in [9.17, 15) is 9.59 Å². The SMILES string of the molecule is O=C(O)c1ccnc(CCc2ccc(Cn3ccccc3=O)cc2)c1. The van der Waals surface area contributed by atoms with E-state index in [2.05, 4.69) is 4.98 Å². The highest BCUT2D eigenvalue weighted by Crippen LogP contribution is 2.10. The highest BCUT2D eigenvalue weighted by Gasteiger charge is 2.05. The molecule has 0 bridgehead atoms. The van der Waals surface area contributed by atoms with E-state index < -0.39 is 5.97 Å². The van der Waals surface area contributed by atoms with Crippen LogP contribution in [0.25, 0.3) is 0 Å². The summed E-state index contributed by atoms with van der Waals surface area (Å²) in [5.74, 6) is -0.941. The van der Waals surface area contributed by atoms with E-state index in [-0.39, 0.29) is 11.1 Å². The molecule has 0 saturated heterocycles. The first kappa shape index (κ1) is 16.6. The molecule has 0 amide bonds. The summed E-state index contributed by atoms with van der Waals surface area (Å²) in [6, 6.07) is 16.3. The molecule has 0 saturated carbocycles. The number of benzene rings is 1. The van der Waals surface area contributed by atoms with Gasteiger partial charge in [-0.05, 0) is 42.2 Å². The predicted molar refractivity (Wildman–Crippen MR) is 94.9 cm³/mol. The van der Waals surface area contributed by atoms with Crippen LogP contribution < -0.4 is 5.56 Å². The molecule has 0 unspecified atom stereocenters. The topological polar surface area (TPSA) is 72.2 Å². The Balaban J connectivity index is 1.63. The van der Waals surface area contributed by atoms with Gasteiger partial charge < -0.3 is 9.67 Å². The largest absolute Gasteiger partial charge is 0.478 e. The van der Waals surface area contributed by atoms with Gasteiger partial charge in [0.25, 0.3) is 5.56 Å². The molecule has 126 valence electrons. The number of pyridine rings is 2. The average molecular weight is 334 g/mol. The fourth-order valence-electron chi connectivity index (χ4n) is 2.62. The number of carbonyl (C=O) groups is 1. The van der Waals surface area contributed by atoms with Gasteiger partial charge in [-0.3, -0.25) is 9.78 Å². The lowest BCUT2D eigenvalue weighted by atomic mass is 10.0. The van der Waals surface area contributed by atoms with Gasteiger partial charge in [0, 0.05) is 24.2 Å². The fraction of sp³-hybridized carbons (Fsp3) is 0.150. The molecular formula is C20H18N2O3. The number of carboxylic acids is 1. The van der Waals surface area contributed by atoms with E-state index in [1.165, 1.54) is 12.3 Å². The molecule has 0 aliphatic heterocycles. The molecule has 1 aromatic carbocycles. The molecule has 0 spiro atoms. The first-order valence-electron chi connectivity index (χ1n) is 8.03. The standard InChI is InChI=1S/C20H18N2O3/c23-19-3-1-2-12-22(19)14-16-6-4-15(5-7-16)8-9-18-13-17(20(24)25)10-11-21-18/h1-7,10-13H,8-9,14H2,(H,24,25). The Hall–Kier alpha value is -3.21. The maximum absolute atomic E-state index is 11.7. The van der Waals surface area contributed by atoms with Crippen LogP contribution in [0.1, 0.15) is 27.2 Å². The zero-order valence-electron chi connectivity index (χ0n) is 13.6. The molecule has 5 heteroatoms. The Morgan fingerprint density at radius 1 is 1.00 bits per heavy atom. The number of hydrogen-bond donors (Lipinski definition) is 1. The van der Waals surface area contributed by atoms with Crippen LogP contribution in [0.15, 0.2) is 71.8 Å². The molecular weight excluding hydrogens is 316 g/mol. The van der Waals surface area contributed by atoms with E-state index in [4.69, 9.17) is 5.11 Å². The summed E-state index contributed by atoms with van der Waals surface area (Å²) in [5, 5.41) is 9.01. The summed E-state index contributed by atoms with van der Waals surface area (Å²) >= 11 is 0. The molecule has 0 fully saturated rings. The van der Waals surface area contributed by atoms with E-state index in [1.54, 1.807) is 29.0 Å². The summed E-state index contributed by atoms with van der Waals surface area (Å²) in [5.41, 5.74) is 3.21. The average Bonchev–Trinajstić information content (AvgIpc) is 2.63. The van der Waals surface area contributed by atoms with Gasteiger partial charge in [0.05, 0.1) is 12.1 Å². The highest BCUT2D eigenvalue weighted by atomic mass is 16.4. The Morgan fingerprint density at radius 3 is 2.48 bits per heavy atom. The number of nitrogens with zero attached hydrogens (tertiary/aromatic N) is 2. The van der Waals surface area contributed by atoms with Crippen LogP contribution in [0.4, 0.5) is 0 Å². The van der Waals surface area contributed by atoms with Crippen LogP contribution in [0.5, 0.6) is 0 Å². The smallest absolute Gasteiger partial charge is 0.335 e. The second kappa shape index (κ2) is 7.57. The number of hydrogen-bond acceptors (Lipinski definition) is 3. The van der Waals surface area contributed by atoms with Crippen LogP contribution in [0.2, 0.25) is 0 Å². The number of aromatic carboxylic acids is 1. The van der Waals surface area contributed by atoms with Gasteiger partial charge in [0.15, 0.2) is 0 Å². The minimum Gasteiger partial charge on any atom is -0.478 e. The van der Waals surface area contributed by atoms with E-state index in [0.29, 0.717) is 13.0 Å². The zero-order valence-corrected chi connectivity index (χ0v) is 13.6. The zero-order chi connectivity index (χ0) is 17.6. The maximum atomic E-state index is 11.7. The third-order valence-electron chi connectivity index (χ3n) is 4.01. The van der Waals surface area contributed by atoms with Gasteiger partial charge in [-0.15, -0.1) is 0 Å². The Labute approximate surface area is 145 Å². The van der Waals surface area contributed by atoms with Crippen LogP contribution >= 0.6 is 0 Å². The van der Waals surface area contributed by atoms with Crippen molar-refractivity contribution in [2.45, 2.75) is 19.4 Å². The van der Waals surface area contributed by atoms with Crippen molar-refractivity contribution in [1.82, 2.24) is 9.55 Å². The monoisotopic (exact) mass is 334 g/mol. The maximum Gasteiger partial charge on any atom is 0.335 e. The van der Waals surface area contributed by atoms with Gasteiger partial charge in [-0.2, -0.15) is 0 Å². The Bertz CT molecular complexity index is 930. The minimum atomic E-state index is -0.941. The molecule has 5 nitrogen and oxygen atoms in total. The fourth-order valence-corrected chi connectivity index (χ4v) is 2.62. The first-order chi connectivity index (χ1) is 12.1. The molecule has 0 aliphatic rings. The molecule has 25 heavy (non-hydrogen) atoms.